The molecule has 19 heavy (non-hydrogen) atoms. The Kier molecular flexibility index (Phi) is 5.42. The molecule has 0 spiro atoms. The van der Waals surface area contributed by atoms with E-state index < -0.39 is 0 Å². The molecule has 0 saturated carbocycles. The Balaban J connectivity index is 2.01. The van der Waals surface area contributed by atoms with Crippen LogP contribution in [0, 0.1) is 5.92 Å². The highest BCUT2D eigenvalue weighted by Gasteiger charge is 2.24. The van der Waals surface area contributed by atoms with E-state index in [1.807, 2.05) is 30.1 Å². The molecule has 5 heteroatoms. The average Bonchev–Trinajstić information content (AvgIpc) is 2.39. The average molecular weight is 390 g/mol. The van der Waals surface area contributed by atoms with Crippen molar-refractivity contribution < 1.29 is 4.79 Å². The molecule has 0 bridgehead atoms. The number of piperidine rings is 1. The predicted octanol–water partition coefficient (Wildman–Crippen LogP) is 3.28. The van der Waals surface area contributed by atoms with Gasteiger partial charge in [-0.2, -0.15) is 0 Å². The molecule has 0 atom stereocenters. The van der Waals surface area contributed by atoms with E-state index in [0.717, 1.165) is 47.0 Å². The van der Waals surface area contributed by atoms with Crippen LogP contribution in [-0.2, 0) is 0 Å². The van der Waals surface area contributed by atoms with E-state index >= 15 is 0 Å². The van der Waals surface area contributed by atoms with E-state index in [9.17, 15) is 4.79 Å². The van der Waals surface area contributed by atoms with Gasteiger partial charge in [0.25, 0.3) is 5.91 Å². The number of carbonyl (C=O) groups is 1. The number of hydrogen-bond acceptors (Lipinski definition) is 2. The molecule has 1 aromatic carbocycles. The molecule has 1 fully saturated rings. The Bertz CT molecular complexity index is 457. The number of amides is 1. The molecule has 2 rings (SSSR count). The predicted molar refractivity (Wildman–Crippen MR) is 84.4 cm³/mol. The van der Waals surface area contributed by atoms with Crippen LogP contribution in [0.3, 0.4) is 0 Å². The molecule has 0 aromatic heterocycles. The number of likely N-dealkylation sites (tertiary alicyclic amines) is 1. The lowest BCUT2D eigenvalue weighted by Crippen LogP contribution is -2.40. The Morgan fingerprint density at radius 2 is 2.05 bits per heavy atom. The van der Waals surface area contributed by atoms with E-state index in [1.165, 1.54) is 0 Å². The molecule has 3 nitrogen and oxygen atoms in total. The van der Waals surface area contributed by atoms with Crippen LogP contribution in [0.15, 0.2) is 27.1 Å². The van der Waals surface area contributed by atoms with Crippen molar-refractivity contribution in [3.05, 3.63) is 32.7 Å². The van der Waals surface area contributed by atoms with Crippen molar-refractivity contribution in [1.29, 1.82) is 0 Å². The van der Waals surface area contributed by atoms with Crippen molar-refractivity contribution in [3.8, 4) is 0 Å². The minimum Gasteiger partial charge on any atom is -0.339 e. The summed E-state index contributed by atoms with van der Waals surface area (Å²) in [6, 6.07) is 5.70. The Morgan fingerprint density at radius 3 is 2.63 bits per heavy atom. The van der Waals surface area contributed by atoms with Crippen molar-refractivity contribution in [2.24, 2.45) is 5.92 Å². The third-order valence-electron chi connectivity index (χ3n) is 3.56. The van der Waals surface area contributed by atoms with Gasteiger partial charge in [-0.15, -0.1) is 0 Å². The third kappa shape index (κ3) is 3.80. The summed E-state index contributed by atoms with van der Waals surface area (Å²) < 4.78 is 1.83. The summed E-state index contributed by atoms with van der Waals surface area (Å²) in [5, 5.41) is 3.21. The van der Waals surface area contributed by atoms with Gasteiger partial charge in [0, 0.05) is 22.0 Å². The van der Waals surface area contributed by atoms with Gasteiger partial charge in [-0.25, -0.2) is 0 Å². The number of carbonyl (C=O) groups excluding carboxylic acids is 1. The monoisotopic (exact) mass is 388 g/mol. The van der Waals surface area contributed by atoms with Gasteiger partial charge in [0.2, 0.25) is 0 Å². The zero-order valence-corrected chi connectivity index (χ0v) is 14.1. The molecule has 0 radical (unpaired) electrons. The van der Waals surface area contributed by atoms with E-state index in [2.05, 4.69) is 37.2 Å². The van der Waals surface area contributed by atoms with Crippen LogP contribution in [0.2, 0.25) is 0 Å². The number of benzene rings is 1. The van der Waals surface area contributed by atoms with Crippen LogP contribution in [0.4, 0.5) is 0 Å². The lowest BCUT2D eigenvalue weighted by Gasteiger charge is -2.32. The molecule has 1 saturated heterocycles. The van der Waals surface area contributed by atoms with Crippen molar-refractivity contribution in [2.75, 3.05) is 26.7 Å². The highest BCUT2D eigenvalue weighted by atomic mass is 79.9. The summed E-state index contributed by atoms with van der Waals surface area (Å²) in [6.07, 6.45) is 2.17. The largest absolute Gasteiger partial charge is 0.339 e. The Hall–Kier alpha value is -0.390. The SMILES string of the molecule is CNCC1CCN(C(=O)c2ccc(Br)cc2Br)CC1. The quantitative estimate of drug-likeness (QED) is 0.860. The first kappa shape index (κ1) is 15.0. The molecule has 104 valence electrons. The smallest absolute Gasteiger partial charge is 0.254 e. The second-order valence-corrected chi connectivity index (χ2v) is 6.69. The summed E-state index contributed by atoms with van der Waals surface area (Å²) in [5.74, 6) is 0.824. The fraction of sp³-hybridized carbons (Fsp3) is 0.500. The lowest BCUT2D eigenvalue weighted by atomic mass is 9.96. The number of halogens is 2. The van der Waals surface area contributed by atoms with Gasteiger partial charge in [0.15, 0.2) is 0 Å². The van der Waals surface area contributed by atoms with Gasteiger partial charge in [-0.3, -0.25) is 4.79 Å². The normalized spacial score (nSPS) is 16.7. The first-order valence-corrected chi connectivity index (χ1v) is 8.09. The number of nitrogens with one attached hydrogen (secondary N) is 1. The molecule has 1 heterocycles. The highest BCUT2D eigenvalue weighted by molar-refractivity contribution is 9.11. The Labute approximate surface area is 131 Å². The van der Waals surface area contributed by atoms with Crippen LogP contribution in [-0.4, -0.2) is 37.5 Å². The summed E-state index contributed by atoms with van der Waals surface area (Å²) in [5.41, 5.74) is 0.746. The first-order chi connectivity index (χ1) is 9.11. The van der Waals surface area contributed by atoms with Crippen LogP contribution in [0.5, 0.6) is 0 Å². The summed E-state index contributed by atoms with van der Waals surface area (Å²) >= 11 is 6.87. The standard InChI is InChI=1S/C14H18Br2N2O/c1-17-9-10-4-6-18(7-5-10)14(19)12-3-2-11(15)8-13(12)16/h2-3,8,10,17H,4-7,9H2,1H3. The van der Waals surface area contributed by atoms with Gasteiger partial charge in [-0.1, -0.05) is 15.9 Å². The topological polar surface area (TPSA) is 32.3 Å². The molecule has 0 unspecified atom stereocenters. The maximum atomic E-state index is 12.5. The Morgan fingerprint density at radius 1 is 1.37 bits per heavy atom. The fourth-order valence-electron chi connectivity index (χ4n) is 2.46. The van der Waals surface area contributed by atoms with Crippen LogP contribution in [0.25, 0.3) is 0 Å². The van der Waals surface area contributed by atoms with E-state index in [0.29, 0.717) is 5.92 Å². The van der Waals surface area contributed by atoms with Gasteiger partial charge in [0.1, 0.15) is 0 Å². The fourth-order valence-corrected chi connectivity index (χ4v) is 3.68. The molecular formula is C14H18Br2N2O. The van der Waals surface area contributed by atoms with Crippen LogP contribution < -0.4 is 5.32 Å². The van der Waals surface area contributed by atoms with Crippen molar-refractivity contribution in [1.82, 2.24) is 10.2 Å². The van der Waals surface area contributed by atoms with Crippen molar-refractivity contribution in [3.63, 3.8) is 0 Å². The number of rotatable bonds is 3. The second kappa shape index (κ2) is 6.86. The van der Waals surface area contributed by atoms with E-state index in [-0.39, 0.29) is 5.91 Å². The maximum absolute atomic E-state index is 12.5. The summed E-state index contributed by atoms with van der Waals surface area (Å²) in [6.45, 7) is 2.76. The molecule has 0 aliphatic carbocycles. The maximum Gasteiger partial charge on any atom is 0.254 e. The molecule has 1 aliphatic rings. The van der Waals surface area contributed by atoms with Gasteiger partial charge in [-0.05, 0) is 66.5 Å². The van der Waals surface area contributed by atoms with Crippen molar-refractivity contribution >= 4 is 37.8 Å². The van der Waals surface area contributed by atoms with E-state index in [1.54, 1.807) is 0 Å². The second-order valence-electron chi connectivity index (χ2n) is 4.92. The number of hydrogen-bond donors (Lipinski definition) is 1. The summed E-state index contributed by atoms with van der Waals surface area (Å²) in [4.78, 5) is 14.4. The van der Waals surface area contributed by atoms with Gasteiger partial charge < -0.3 is 10.2 Å². The minimum absolute atomic E-state index is 0.127. The van der Waals surface area contributed by atoms with Gasteiger partial charge >= 0.3 is 0 Å². The van der Waals surface area contributed by atoms with Gasteiger partial charge in [0.05, 0.1) is 5.56 Å². The molecule has 1 aliphatic heterocycles. The minimum atomic E-state index is 0.127. The van der Waals surface area contributed by atoms with Crippen LogP contribution >= 0.6 is 31.9 Å². The highest BCUT2D eigenvalue weighted by Crippen LogP contribution is 2.25. The van der Waals surface area contributed by atoms with E-state index in [4.69, 9.17) is 0 Å². The van der Waals surface area contributed by atoms with Crippen molar-refractivity contribution in [2.45, 2.75) is 12.8 Å². The first-order valence-electron chi connectivity index (χ1n) is 6.50. The molecule has 1 N–H and O–H groups in total. The molecule has 1 aromatic rings. The van der Waals surface area contributed by atoms with Crippen LogP contribution in [0.1, 0.15) is 23.2 Å². The summed E-state index contributed by atoms with van der Waals surface area (Å²) in [7, 11) is 1.98. The zero-order chi connectivity index (χ0) is 13.8. The lowest BCUT2D eigenvalue weighted by molar-refractivity contribution is 0.0690. The third-order valence-corrected chi connectivity index (χ3v) is 4.71. The zero-order valence-electron chi connectivity index (χ0n) is 11.0. The molecular weight excluding hydrogens is 372 g/mol. The number of nitrogens with zero attached hydrogens (tertiary/aromatic N) is 1. The molecule has 1 amide bonds.